The topological polar surface area (TPSA) is 83.7 Å². The lowest BCUT2D eigenvalue weighted by atomic mass is 10.1. The van der Waals surface area contributed by atoms with Crippen LogP contribution in [0, 0.1) is 10.1 Å². The lowest BCUT2D eigenvalue weighted by Gasteiger charge is -2.22. The molecule has 0 aromatic heterocycles. The van der Waals surface area contributed by atoms with Crippen molar-refractivity contribution in [3.63, 3.8) is 0 Å². The summed E-state index contributed by atoms with van der Waals surface area (Å²) in [6.45, 7) is 4.26. The zero-order valence-electron chi connectivity index (χ0n) is 10.4. The van der Waals surface area contributed by atoms with Crippen molar-refractivity contribution < 1.29 is 14.8 Å². The molecular weight excluding hydrogens is 236 g/mol. The van der Waals surface area contributed by atoms with E-state index < -0.39 is 4.92 Å². The van der Waals surface area contributed by atoms with Crippen molar-refractivity contribution in [3.8, 4) is 0 Å². The number of aliphatic hydroxyl groups is 1. The Bertz CT molecular complexity index is 459. The molecule has 0 saturated heterocycles. The molecule has 6 heteroatoms. The predicted molar refractivity (Wildman–Crippen MR) is 68.1 cm³/mol. The van der Waals surface area contributed by atoms with Crippen LogP contribution in [0.3, 0.4) is 0 Å². The minimum absolute atomic E-state index is 0.0137. The molecule has 0 fully saturated rings. The third kappa shape index (κ3) is 3.04. The Labute approximate surface area is 105 Å². The molecule has 98 valence electrons. The van der Waals surface area contributed by atoms with Crippen LogP contribution >= 0.6 is 0 Å². The number of aliphatic hydroxyl groups excluding tert-OH is 1. The second-order valence-corrected chi connectivity index (χ2v) is 3.82. The van der Waals surface area contributed by atoms with E-state index in [1.54, 1.807) is 6.07 Å². The number of nitro groups is 1. The van der Waals surface area contributed by atoms with Crippen LogP contribution < -0.4 is 4.90 Å². The molecule has 1 rings (SSSR count). The number of ketones is 1. The van der Waals surface area contributed by atoms with Crippen LogP contribution in [0.4, 0.5) is 11.4 Å². The second-order valence-electron chi connectivity index (χ2n) is 3.82. The highest BCUT2D eigenvalue weighted by molar-refractivity contribution is 5.99. The van der Waals surface area contributed by atoms with Crippen LogP contribution in [0.25, 0.3) is 0 Å². The Morgan fingerprint density at radius 2 is 2.17 bits per heavy atom. The van der Waals surface area contributed by atoms with E-state index in [1.807, 2.05) is 11.8 Å². The van der Waals surface area contributed by atoms with Crippen molar-refractivity contribution in [1.29, 1.82) is 0 Å². The molecule has 0 aliphatic carbocycles. The van der Waals surface area contributed by atoms with Gasteiger partial charge in [0, 0.05) is 24.8 Å². The molecule has 0 radical (unpaired) electrons. The molecule has 0 atom stereocenters. The van der Waals surface area contributed by atoms with E-state index >= 15 is 0 Å². The maximum absolute atomic E-state index is 11.4. The second kappa shape index (κ2) is 6.11. The number of carbonyl (C=O) groups excluding carboxylic acids is 1. The van der Waals surface area contributed by atoms with Gasteiger partial charge in [-0.05, 0) is 26.0 Å². The number of hydrogen-bond acceptors (Lipinski definition) is 5. The summed E-state index contributed by atoms with van der Waals surface area (Å²) in [5.74, 6) is -0.344. The first-order valence-electron chi connectivity index (χ1n) is 5.66. The SMILES string of the molecule is CCN(CCO)c1ccc([N+](=O)[O-])c(C(C)=O)c1. The third-order valence-corrected chi connectivity index (χ3v) is 2.67. The molecule has 0 unspecified atom stereocenters. The number of nitro benzene ring substituents is 1. The number of Topliss-reactive ketones (excluding diaryl/α,β-unsaturated/α-hetero) is 1. The van der Waals surface area contributed by atoms with Crippen molar-refractivity contribution >= 4 is 17.2 Å². The predicted octanol–water partition coefficient (Wildman–Crippen LogP) is 1.62. The molecular formula is C12H16N2O4. The molecule has 1 N–H and O–H groups in total. The standard InChI is InChI=1S/C12H16N2O4/c1-3-13(6-7-15)10-4-5-12(14(17)18)11(8-10)9(2)16/h4-5,8,15H,3,6-7H2,1-2H3. The van der Waals surface area contributed by atoms with Gasteiger partial charge in [-0.2, -0.15) is 0 Å². The molecule has 0 aliphatic heterocycles. The Hall–Kier alpha value is -1.95. The van der Waals surface area contributed by atoms with Crippen LogP contribution in [0.15, 0.2) is 18.2 Å². The van der Waals surface area contributed by atoms with Crippen molar-refractivity contribution in [2.45, 2.75) is 13.8 Å². The fraction of sp³-hybridized carbons (Fsp3) is 0.417. The largest absolute Gasteiger partial charge is 0.395 e. The average Bonchev–Trinajstić information content (AvgIpc) is 2.35. The number of benzene rings is 1. The van der Waals surface area contributed by atoms with E-state index in [1.165, 1.54) is 19.1 Å². The molecule has 0 heterocycles. The van der Waals surface area contributed by atoms with Gasteiger partial charge in [0.15, 0.2) is 5.78 Å². The quantitative estimate of drug-likeness (QED) is 0.472. The number of anilines is 1. The van der Waals surface area contributed by atoms with Crippen LogP contribution in [0.5, 0.6) is 0 Å². The van der Waals surface area contributed by atoms with Gasteiger partial charge in [-0.1, -0.05) is 0 Å². The number of likely N-dealkylation sites (N-methyl/N-ethyl adjacent to an activating group) is 1. The fourth-order valence-corrected chi connectivity index (χ4v) is 1.75. The highest BCUT2D eigenvalue weighted by Crippen LogP contribution is 2.25. The number of carbonyl (C=O) groups is 1. The highest BCUT2D eigenvalue weighted by Gasteiger charge is 2.18. The minimum atomic E-state index is -0.567. The maximum atomic E-state index is 11.4. The Kier molecular flexibility index (Phi) is 4.79. The summed E-state index contributed by atoms with van der Waals surface area (Å²) >= 11 is 0. The van der Waals surface area contributed by atoms with Gasteiger partial charge in [-0.15, -0.1) is 0 Å². The van der Waals surface area contributed by atoms with Gasteiger partial charge in [-0.3, -0.25) is 14.9 Å². The fourth-order valence-electron chi connectivity index (χ4n) is 1.75. The van der Waals surface area contributed by atoms with Gasteiger partial charge >= 0.3 is 0 Å². The number of rotatable bonds is 6. The lowest BCUT2D eigenvalue weighted by Crippen LogP contribution is -2.26. The van der Waals surface area contributed by atoms with Crippen molar-refractivity contribution in [2.75, 3.05) is 24.6 Å². The van der Waals surface area contributed by atoms with Gasteiger partial charge in [-0.25, -0.2) is 0 Å². The number of nitrogens with zero attached hydrogens (tertiary/aromatic N) is 2. The third-order valence-electron chi connectivity index (χ3n) is 2.67. The summed E-state index contributed by atoms with van der Waals surface area (Å²) < 4.78 is 0. The van der Waals surface area contributed by atoms with Gasteiger partial charge in [0.05, 0.1) is 17.1 Å². The van der Waals surface area contributed by atoms with E-state index in [0.717, 1.165) is 0 Å². The maximum Gasteiger partial charge on any atom is 0.280 e. The average molecular weight is 252 g/mol. The summed E-state index contributed by atoms with van der Waals surface area (Å²) in [6.07, 6.45) is 0. The minimum Gasteiger partial charge on any atom is -0.395 e. The molecule has 1 aromatic rings. The zero-order chi connectivity index (χ0) is 13.7. The summed E-state index contributed by atoms with van der Waals surface area (Å²) in [6, 6.07) is 4.41. The smallest absolute Gasteiger partial charge is 0.280 e. The van der Waals surface area contributed by atoms with Crippen molar-refractivity contribution in [1.82, 2.24) is 0 Å². The Balaban J connectivity index is 3.21. The monoisotopic (exact) mass is 252 g/mol. The first-order valence-corrected chi connectivity index (χ1v) is 5.66. The number of hydrogen-bond donors (Lipinski definition) is 1. The van der Waals surface area contributed by atoms with Gasteiger partial charge in [0.2, 0.25) is 0 Å². The molecule has 0 saturated carbocycles. The van der Waals surface area contributed by atoms with Crippen LogP contribution in [-0.4, -0.2) is 35.5 Å². The molecule has 0 aliphatic rings. The zero-order valence-corrected chi connectivity index (χ0v) is 10.4. The molecule has 1 aromatic carbocycles. The van der Waals surface area contributed by atoms with E-state index in [9.17, 15) is 14.9 Å². The van der Waals surface area contributed by atoms with Crippen LogP contribution in [0.2, 0.25) is 0 Å². The Morgan fingerprint density at radius 1 is 1.50 bits per heavy atom. The van der Waals surface area contributed by atoms with Crippen molar-refractivity contribution in [2.24, 2.45) is 0 Å². The molecule has 0 amide bonds. The van der Waals surface area contributed by atoms with Crippen molar-refractivity contribution in [3.05, 3.63) is 33.9 Å². The van der Waals surface area contributed by atoms with Crippen LogP contribution in [0.1, 0.15) is 24.2 Å². The summed E-state index contributed by atoms with van der Waals surface area (Å²) in [5.41, 5.74) is 0.600. The normalized spacial score (nSPS) is 10.2. The van der Waals surface area contributed by atoms with E-state index in [0.29, 0.717) is 18.8 Å². The van der Waals surface area contributed by atoms with E-state index in [2.05, 4.69) is 0 Å². The molecule has 0 bridgehead atoms. The summed E-state index contributed by atoms with van der Waals surface area (Å²) in [5, 5.41) is 19.7. The Morgan fingerprint density at radius 3 is 2.61 bits per heavy atom. The van der Waals surface area contributed by atoms with E-state index in [-0.39, 0.29) is 23.6 Å². The first kappa shape index (κ1) is 14.1. The van der Waals surface area contributed by atoms with Crippen LogP contribution in [-0.2, 0) is 0 Å². The molecule has 18 heavy (non-hydrogen) atoms. The van der Waals surface area contributed by atoms with E-state index in [4.69, 9.17) is 5.11 Å². The summed E-state index contributed by atoms with van der Waals surface area (Å²) in [4.78, 5) is 23.5. The van der Waals surface area contributed by atoms with Gasteiger partial charge in [0.25, 0.3) is 5.69 Å². The molecule has 6 nitrogen and oxygen atoms in total. The lowest BCUT2D eigenvalue weighted by molar-refractivity contribution is -0.385. The summed E-state index contributed by atoms with van der Waals surface area (Å²) in [7, 11) is 0. The van der Waals surface area contributed by atoms with Gasteiger partial charge < -0.3 is 10.0 Å². The first-order chi connectivity index (χ1) is 8.51. The van der Waals surface area contributed by atoms with Gasteiger partial charge in [0.1, 0.15) is 0 Å². The highest BCUT2D eigenvalue weighted by atomic mass is 16.6. The molecule has 0 spiro atoms.